The summed E-state index contributed by atoms with van der Waals surface area (Å²) in [4.78, 5) is 30.4. The third-order valence-corrected chi connectivity index (χ3v) is 6.10. The number of morpholine rings is 1. The lowest BCUT2D eigenvalue weighted by Gasteiger charge is -2.26. The van der Waals surface area contributed by atoms with Crippen molar-refractivity contribution in [3.8, 4) is 0 Å². The van der Waals surface area contributed by atoms with Crippen LogP contribution in [0.5, 0.6) is 0 Å². The maximum Gasteiger partial charge on any atom is 0.226 e. The Labute approximate surface area is 193 Å². The monoisotopic (exact) mass is 450 g/mol. The molecule has 0 radical (unpaired) electrons. The predicted molar refractivity (Wildman–Crippen MR) is 127 cm³/mol. The Morgan fingerprint density at radius 1 is 1.00 bits per heavy atom. The van der Waals surface area contributed by atoms with E-state index < -0.39 is 0 Å². The zero-order valence-corrected chi connectivity index (χ0v) is 18.7. The SMILES string of the molecule is O=C1CCCN1CCn1cnc2c(Nc3ccccc3)nc(NCCN3CCOCC3)nc21. The minimum atomic E-state index is 0.228. The number of nitrogens with one attached hydrogen (secondary N) is 2. The summed E-state index contributed by atoms with van der Waals surface area (Å²) in [6, 6.07) is 9.93. The number of likely N-dealkylation sites (tertiary alicyclic amines) is 1. The van der Waals surface area contributed by atoms with Crippen LogP contribution in [-0.2, 0) is 16.1 Å². The second kappa shape index (κ2) is 10.1. The van der Waals surface area contributed by atoms with Gasteiger partial charge in [0.2, 0.25) is 11.9 Å². The van der Waals surface area contributed by atoms with Crippen molar-refractivity contribution in [3.63, 3.8) is 0 Å². The first-order chi connectivity index (χ1) is 16.3. The van der Waals surface area contributed by atoms with E-state index >= 15 is 0 Å². The van der Waals surface area contributed by atoms with E-state index in [1.807, 2.05) is 39.8 Å². The van der Waals surface area contributed by atoms with Gasteiger partial charge >= 0.3 is 0 Å². The molecule has 0 aliphatic carbocycles. The average Bonchev–Trinajstić information content (AvgIpc) is 3.45. The molecule has 2 aliphatic heterocycles. The zero-order valence-electron chi connectivity index (χ0n) is 18.7. The molecule has 0 saturated carbocycles. The van der Waals surface area contributed by atoms with Gasteiger partial charge in [0, 0.05) is 57.9 Å². The topological polar surface area (TPSA) is 100 Å². The third-order valence-electron chi connectivity index (χ3n) is 6.10. The lowest BCUT2D eigenvalue weighted by Crippen LogP contribution is -2.39. The fraction of sp³-hybridized carbons (Fsp3) is 0.478. The quantitative estimate of drug-likeness (QED) is 0.510. The van der Waals surface area contributed by atoms with Crippen LogP contribution in [0.15, 0.2) is 36.7 Å². The highest BCUT2D eigenvalue weighted by Gasteiger charge is 2.21. The van der Waals surface area contributed by atoms with Crippen molar-refractivity contribution in [1.82, 2.24) is 29.3 Å². The average molecular weight is 451 g/mol. The molecule has 2 saturated heterocycles. The van der Waals surface area contributed by atoms with Crippen LogP contribution >= 0.6 is 0 Å². The summed E-state index contributed by atoms with van der Waals surface area (Å²) in [6.07, 6.45) is 3.37. The number of imidazole rings is 1. The van der Waals surface area contributed by atoms with Crippen LogP contribution in [0.2, 0.25) is 0 Å². The fourth-order valence-electron chi connectivity index (χ4n) is 4.25. The largest absolute Gasteiger partial charge is 0.379 e. The predicted octanol–water partition coefficient (Wildman–Crippen LogP) is 1.94. The maximum absolute atomic E-state index is 12.0. The Bertz CT molecular complexity index is 1080. The molecular formula is C23H30N8O2. The Balaban J connectivity index is 1.36. The van der Waals surface area contributed by atoms with Gasteiger partial charge < -0.3 is 24.8 Å². The number of carbonyl (C=O) groups is 1. The van der Waals surface area contributed by atoms with E-state index in [0.29, 0.717) is 36.8 Å². The van der Waals surface area contributed by atoms with Crippen molar-refractivity contribution in [3.05, 3.63) is 36.7 Å². The number of para-hydroxylation sites is 1. The van der Waals surface area contributed by atoms with E-state index in [-0.39, 0.29) is 5.91 Å². The number of carbonyl (C=O) groups excluding carboxylic acids is 1. The highest BCUT2D eigenvalue weighted by molar-refractivity contribution is 5.86. The number of hydrogen-bond acceptors (Lipinski definition) is 8. The number of aromatic nitrogens is 4. The first-order valence-electron chi connectivity index (χ1n) is 11.6. The minimum absolute atomic E-state index is 0.228. The van der Waals surface area contributed by atoms with E-state index in [4.69, 9.17) is 14.7 Å². The standard InChI is InChI=1S/C23H30N8O2/c32-19-7-4-9-30(19)11-12-31-17-25-20-21(26-18-5-2-1-3-6-18)27-23(28-22(20)31)24-8-10-29-13-15-33-16-14-29/h1-3,5-6,17H,4,7-16H2,(H2,24,26,27,28). The van der Waals surface area contributed by atoms with Crippen molar-refractivity contribution in [2.24, 2.45) is 0 Å². The van der Waals surface area contributed by atoms with Gasteiger partial charge in [-0.3, -0.25) is 9.69 Å². The molecule has 174 valence electrons. The van der Waals surface area contributed by atoms with Gasteiger partial charge in [-0.15, -0.1) is 0 Å². The van der Waals surface area contributed by atoms with Crippen molar-refractivity contribution in [2.75, 3.05) is 63.1 Å². The lowest BCUT2D eigenvalue weighted by molar-refractivity contribution is -0.127. The van der Waals surface area contributed by atoms with E-state index in [9.17, 15) is 4.79 Å². The van der Waals surface area contributed by atoms with Crippen LogP contribution in [0.1, 0.15) is 12.8 Å². The lowest BCUT2D eigenvalue weighted by atomic mass is 10.3. The molecule has 33 heavy (non-hydrogen) atoms. The van der Waals surface area contributed by atoms with E-state index in [1.54, 1.807) is 6.33 Å². The number of hydrogen-bond donors (Lipinski definition) is 2. The van der Waals surface area contributed by atoms with Gasteiger partial charge in [0.05, 0.1) is 19.5 Å². The van der Waals surface area contributed by atoms with Crippen molar-refractivity contribution < 1.29 is 9.53 Å². The molecule has 1 amide bonds. The molecule has 1 aromatic carbocycles. The summed E-state index contributed by atoms with van der Waals surface area (Å²) in [5.74, 6) is 1.45. The van der Waals surface area contributed by atoms with Crippen LogP contribution < -0.4 is 10.6 Å². The van der Waals surface area contributed by atoms with Crippen LogP contribution in [0.3, 0.4) is 0 Å². The number of amides is 1. The summed E-state index contributed by atoms with van der Waals surface area (Å²) in [6.45, 7) is 7.25. The molecule has 10 nitrogen and oxygen atoms in total. The summed E-state index contributed by atoms with van der Waals surface area (Å²) in [5, 5.41) is 6.77. The summed E-state index contributed by atoms with van der Waals surface area (Å²) in [5.41, 5.74) is 2.41. The van der Waals surface area contributed by atoms with E-state index in [2.05, 4.69) is 20.5 Å². The second-order valence-corrected chi connectivity index (χ2v) is 8.36. The molecule has 10 heteroatoms. The minimum Gasteiger partial charge on any atom is -0.379 e. The van der Waals surface area contributed by atoms with Crippen LogP contribution in [0.4, 0.5) is 17.5 Å². The molecule has 3 aromatic rings. The molecule has 2 fully saturated rings. The van der Waals surface area contributed by atoms with Gasteiger partial charge in [-0.1, -0.05) is 18.2 Å². The summed E-state index contributed by atoms with van der Waals surface area (Å²) in [7, 11) is 0. The number of fused-ring (bicyclic) bond motifs is 1. The zero-order chi connectivity index (χ0) is 22.5. The normalized spacial score (nSPS) is 17.1. The Kier molecular flexibility index (Phi) is 6.63. The number of anilines is 3. The summed E-state index contributed by atoms with van der Waals surface area (Å²) >= 11 is 0. The van der Waals surface area contributed by atoms with Crippen molar-refractivity contribution in [2.45, 2.75) is 19.4 Å². The number of benzene rings is 1. The Hall–Kier alpha value is -3.24. The summed E-state index contributed by atoms with van der Waals surface area (Å²) < 4.78 is 7.43. The van der Waals surface area contributed by atoms with E-state index in [1.165, 1.54) is 0 Å². The van der Waals surface area contributed by atoms with Gasteiger partial charge in [-0.25, -0.2) is 4.98 Å². The first-order valence-corrected chi connectivity index (χ1v) is 11.6. The molecule has 0 spiro atoms. The first kappa shape index (κ1) is 21.6. The highest BCUT2D eigenvalue weighted by Crippen LogP contribution is 2.24. The number of rotatable bonds is 9. The molecule has 4 heterocycles. The van der Waals surface area contributed by atoms with Gasteiger partial charge in [0.1, 0.15) is 0 Å². The van der Waals surface area contributed by atoms with Crippen LogP contribution in [0.25, 0.3) is 11.2 Å². The smallest absolute Gasteiger partial charge is 0.226 e. The highest BCUT2D eigenvalue weighted by atomic mass is 16.5. The molecule has 2 aromatic heterocycles. The van der Waals surface area contributed by atoms with Gasteiger partial charge in [0.15, 0.2) is 17.0 Å². The number of nitrogens with zero attached hydrogens (tertiary/aromatic N) is 6. The molecule has 0 atom stereocenters. The van der Waals surface area contributed by atoms with Crippen molar-refractivity contribution in [1.29, 1.82) is 0 Å². The maximum atomic E-state index is 12.0. The Morgan fingerprint density at radius 3 is 2.64 bits per heavy atom. The molecule has 2 N–H and O–H groups in total. The molecular weight excluding hydrogens is 420 g/mol. The van der Waals surface area contributed by atoms with Crippen LogP contribution in [0, 0.1) is 0 Å². The molecule has 0 bridgehead atoms. The third kappa shape index (κ3) is 5.23. The molecule has 2 aliphatic rings. The number of ether oxygens (including phenoxy) is 1. The second-order valence-electron chi connectivity index (χ2n) is 8.36. The van der Waals surface area contributed by atoms with Gasteiger partial charge in [-0.2, -0.15) is 9.97 Å². The molecule has 0 unspecified atom stereocenters. The van der Waals surface area contributed by atoms with Gasteiger partial charge in [-0.05, 0) is 18.6 Å². The van der Waals surface area contributed by atoms with Crippen molar-refractivity contribution >= 4 is 34.5 Å². The van der Waals surface area contributed by atoms with Gasteiger partial charge in [0.25, 0.3) is 0 Å². The Morgan fingerprint density at radius 2 is 1.85 bits per heavy atom. The van der Waals surface area contributed by atoms with Crippen LogP contribution in [-0.4, -0.2) is 87.7 Å². The molecule has 5 rings (SSSR count). The van der Waals surface area contributed by atoms with E-state index in [0.717, 1.165) is 63.7 Å². The fourth-order valence-corrected chi connectivity index (χ4v) is 4.25.